The molecule has 0 aliphatic heterocycles. The first kappa shape index (κ1) is 31.3. The molecule has 0 aromatic rings. The van der Waals surface area contributed by atoms with E-state index in [0.717, 1.165) is 50.3 Å². The van der Waals surface area contributed by atoms with Crippen LogP contribution in [0.15, 0.2) is 0 Å². The molecular weight excluding hydrogens is 423 g/mol. The van der Waals surface area contributed by atoms with Gasteiger partial charge in [0.05, 0.1) is 0 Å². The van der Waals surface area contributed by atoms with Crippen LogP contribution in [0.25, 0.3) is 0 Å². The quantitative estimate of drug-likeness (QED) is 0.108. The van der Waals surface area contributed by atoms with E-state index in [-0.39, 0.29) is 0 Å². The standard InChI is InChI=1S/C26H57O3PS/c1-6-10-11-12-13-14-15-16-17-18-19-20-21-22-26-30(23-7-2,24-8-3,25-9-4)29-31(5,27)28/h6-26H2,1-5H3. The van der Waals surface area contributed by atoms with Gasteiger partial charge in [0, 0.05) is 0 Å². The molecule has 0 fully saturated rings. The third-order valence-electron chi connectivity index (χ3n) is 6.79. The topological polar surface area (TPSA) is 43.4 Å². The first-order chi connectivity index (χ1) is 14.8. The van der Waals surface area contributed by atoms with Crippen LogP contribution in [0.2, 0.25) is 0 Å². The molecule has 0 unspecified atom stereocenters. The van der Waals surface area contributed by atoms with Crippen molar-refractivity contribution in [3.8, 4) is 0 Å². The second-order valence-corrected chi connectivity index (χ2v) is 17.6. The minimum absolute atomic E-state index is 0.971. The molecule has 5 heteroatoms. The van der Waals surface area contributed by atoms with Crippen LogP contribution in [0.4, 0.5) is 0 Å². The van der Waals surface area contributed by atoms with Crippen molar-refractivity contribution < 1.29 is 12.4 Å². The van der Waals surface area contributed by atoms with E-state index < -0.39 is 16.9 Å². The summed E-state index contributed by atoms with van der Waals surface area (Å²) < 4.78 is 30.6. The molecule has 0 saturated heterocycles. The molecule has 0 heterocycles. The van der Waals surface area contributed by atoms with Crippen LogP contribution < -0.4 is 0 Å². The molecule has 31 heavy (non-hydrogen) atoms. The maximum atomic E-state index is 12.2. The number of unbranched alkanes of at least 4 members (excludes halogenated alkanes) is 13. The van der Waals surface area contributed by atoms with Crippen molar-refractivity contribution in [2.24, 2.45) is 0 Å². The Kier molecular flexibility index (Phi) is 18.0. The van der Waals surface area contributed by atoms with Gasteiger partial charge in [0.15, 0.2) is 0 Å². The van der Waals surface area contributed by atoms with Crippen molar-refractivity contribution in [3.63, 3.8) is 0 Å². The first-order valence-electron chi connectivity index (χ1n) is 13.7. The predicted octanol–water partition coefficient (Wildman–Crippen LogP) is 9.14. The van der Waals surface area contributed by atoms with Crippen molar-refractivity contribution >= 4 is 16.9 Å². The van der Waals surface area contributed by atoms with Gasteiger partial charge < -0.3 is 0 Å². The average molecular weight is 481 g/mol. The van der Waals surface area contributed by atoms with E-state index in [1.165, 1.54) is 89.7 Å². The zero-order chi connectivity index (χ0) is 23.5. The van der Waals surface area contributed by atoms with E-state index in [2.05, 4.69) is 27.7 Å². The van der Waals surface area contributed by atoms with Gasteiger partial charge in [-0.25, -0.2) is 0 Å². The molecule has 0 atom stereocenters. The zero-order valence-corrected chi connectivity index (χ0v) is 23.6. The summed E-state index contributed by atoms with van der Waals surface area (Å²) in [5.41, 5.74) is 0. The molecule has 0 aliphatic carbocycles. The fraction of sp³-hybridized carbons (Fsp3) is 1.00. The molecule has 0 saturated carbocycles. The SMILES string of the molecule is CCCCCCCCCCCCCCCCP(CCC)(CCC)(CCC)OS(C)(=O)=O. The van der Waals surface area contributed by atoms with Crippen LogP contribution in [0.5, 0.6) is 0 Å². The van der Waals surface area contributed by atoms with Crippen molar-refractivity contribution in [1.29, 1.82) is 0 Å². The van der Waals surface area contributed by atoms with Crippen molar-refractivity contribution in [2.45, 2.75) is 137 Å². The van der Waals surface area contributed by atoms with E-state index in [9.17, 15) is 8.42 Å². The van der Waals surface area contributed by atoms with Crippen LogP contribution in [-0.4, -0.2) is 39.3 Å². The molecule has 0 bridgehead atoms. The Labute approximate surface area is 197 Å². The Morgan fingerprint density at radius 3 is 1.10 bits per heavy atom. The third kappa shape index (κ3) is 15.0. The molecule has 190 valence electrons. The summed E-state index contributed by atoms with van der Waals surface area (Å²) in [4.78, 5) is 0. The fourth-order valence-electron chi connectivity index (χ4n) is 5.61. The summed E-state index contributed by atoms with van der Waals surface area (Å²) in [7, 11) is -3.42. The molecule has 0 aromatic heterocycles. The molecule has 0 radical (unpaired) electrons. The van der Waals surface area contributed by atoms with E-state index in [4.69, 9.17) is 3.97 Å². The van der Waals surface area contributed by atoms with Gasteiger partial charge in [-0.15, -0.1) is 0 Å². The van der Waals surface area contributed by atoms with E-state index in [1.807, 2.05) is 0 Å². The molecule has 0 amide bonds. The van der Waals surface area contributed by atoms with Crippen LogP contribution >= 0.6 is 6.83 Å². The van der Waals surface area contributed by atoms with Crippen molar-refractivity contribution in [2.75, 3.05) is 30.9 Å². The van der Waals surface area contributed by atoms with Gasteiger partial charge in [-0.1, -0.05) is 26.2 Å². The first-order valence-corrected chi connectivity index (χ1v) is 18.4. The van der Waals surface area contributed by atoms with Gasteiger partial charge >= 0.3 is 171 Å². The van der Waals surface area contributed by atoms with Gasteiger partial charge in [-0.05, 0) is 0 Å². The number of rotatable bonds is 23. The second-order valence-electron chi connectivity index (χ2n) is 10.1. The minimum atomic E-state index is -3.42. The average Bonchev–Trinajstić information content (AvgIpc) is 2.67. The van der Waals surface area contributed by atoms with Crippen LogP contribution in [0, 0.1) is 0 Å². The number of hydrogen-bond donors (Lipinski definition) is 0. The van der Waals surface area contributed by atoms with Gasteiger partial charge in [0.25, 0.3) is 0 Å². The molecule has 0 N–H and O–H groups in total. The Morgan fingerprint density at radius 1 is 0.484 bits per heavy atom. The molecule has 3 nitrogen and oxygen atoms in total. The zero-order valence-electron chi connectivity index (χ0n) is 21.9. The van der Waals surface area contributed by atoms with Crippen LogP contribution in [0.3, 0.4) is 0 Å². The number of hydrogen-bond acceptors (Lipinski definition) is 3. The summed E-state index contributed by atoms with van der Waals surface area (Å²) in [6, 6.07) is 0. The molecule has 0 aliphatic rings. The van der Waals surface area contributed by atoms with Gasteiger partial charge in [-0.3, -0.25) is 0 Å². The van der Waals surface area contributed by atoms with Crippen molar-refractivity contribution in [3.05, 3.63) is 0 Å². The van der Waals surface area contributed by atoms with Crippen LogP contribution in [0.1, 0.15) is 137 Å². The second kappa shape index (κ2) is 17.8. The van der Waals surface area contributed by atoms with Crippen LogP contribution in [-0.2, 0) is 14.1 Å². The van der Waals surface area contributed by atoms with Gasteiger partial charge in [-0.2, -0.15) is 0 Å². The van der Waals surface area contributed by atoms with Crippen molar-refractivity contribution in [1.82, 2.24) is 0 Å². The molecule has 0 rings (SSSR count). The van der Waals surface area contributed by atoms with E-state index >= 15 is 0 Å². The summed E-state index contributed by atoms with van der Waals surface area (Å²) in [5, 5.41) is 0. The Hall–Kier alpha value is 0.340. The Bertz CT molecular complexity index is 499. The normalized spacial score (nSPS) is 13.9. The Morgan fingerprint density at radius 2 is 0.806 bits per heavy atom. The van der Waals surface area contributed by atoms with Gasteiger partial charge in [0.1, 0.15) is 0 Å². The molecule has 0 aromatic carbocycles. The Balaban J connectivity index is 4.28. The van der Waals surface area contributed by atoms with Gasteiger partial charge in [0.2, 0.25) is 0 Å². The monoisotopic (exact) mass is 480 g/mol. The maximum absolute atomic E-state index is 12.2. The summed E-state index contributed by atoms with van der Waals surface area (Å²) >= 11 is 0. The fourth-order valence-corrected chi connectivity index (χ4v) is 15.6. The van der Waals surface area contributed by atoms with E-state index in [0.29, 0.717) is 0 Å². The summed E-state index contributed by atoms with van der Waals surface area (Å²) in [5.74, 6) is 0. The summed E-state index contributed by atoms with van der Waals surface area (Å²) in [6.07, 6.45) is 27.2. The third-order valence-corrected chi connectivity index (χ3v) is 15.7. The summed E-state index contributed by atoms with van der Waals surface area (Å²) in [6.45, 7) is 6.17. The molecule has 0 spiro atoms. The predicted molar refractivity (Wildman–Crippen MR) is 144 cm³/mol. The van der Waals surface area contributed by atoms with E-state index in [1.54, 1.807) is 0 Å². The molecular formula is C26H57O3PS.